The van der Waals surface area contributed by atoms with Crippen LogP contribution in [0.4, 0.5) is 0 Å². The van der Waals surface area contributed by atoms with E-state index in [9.17, 15) is 9.59 Å². The van der Waals surface area contributed by atoms with Crippen molar-refractivity contribution in [3.05, 3.63) is 129 Å². The Balaban J connectivity index is 1.38. The summed E-state index contributed by atoms with van der Waals surface area (Å²) in [5.74, 6) is 0.575. The fourth-order valence-corrected chi connectivity index (χ4v) is 4.10. The van der Waals surface area contributed by atoms with Crippen molar-refractivity contribution < 1.29 is 8.83 Å². The Kier molecular flexibility index (Phi) is 5.04. The van der Waals surface area contributed by atoms with Gasteiger partial charge in [-0.05, 0) is 66.1 Å². The van der Waals surface area contributed by atoms with Gasteiger partial charge in [-0.1, -0.05) is 48.5 Å². The summed E-state index contributed by atoms with van der Waals surface area (Å²) in [7, 11) is 0. The van der Waals surface area contributed by atoms with E-state index in [0.717, 1.165) is 22.3 Å². The van der Waals surface area contributed by atoms with Crippen molar-refractivity contribution in [2.24, 2.45) is 0 Å². The van der Waals surface area contributed by atoms with Crippen molar-refractivity contribution in [2.45, 2.75) is 6.42 Å². The van der Waals surface area contributed by atoms with Gasteiger partial charge in [0.2, 0.25) is 11.8 Å². The van der Waals surface area contributed by atoms with E-state index >= 15 is 0 Å². The predicted molar refractivity (Wildman–Crippen MR) is 134 cm³/mol. The highest BCUT2D eigenvalue weighted by atomic mass is 16.4. The van der Waals surface area contributed by atoms with Crippen LogP contribution in [0.5, 0.6) is 0 Å². The van der Waals surface area contributed by atoms with Crippen LogP contribution in [-0.2, 0) is 6.42 Å². The van der Waals surface area contributed by atoms with Gasteiger partial charge in [0.15, 0.2) is 0 Å². The van der Waals surface area contributed by atoms with Crippen LogP contribution in [0.15, 0.2) is 115 Å². The number of aromatic nitrogens is 2. The molecular weight excluding hydrogens is 440 g/mol. The Hall–Kier alpha value is -4.84. The molecule has 0 spiro atoms. The fourth-order valence-electron chi connectivity index (χ4n) is 4.10. The zero-order valence-electron chi connectivity index (χ0n) is 18.5. The first-order chi connectivity index (χ1) is 17.1. The summed E-state index contributed by atoms with van der Waals surface area (Å²) in [5, 5.41) is 0.859. The Bertz CT molecular complexity index is 1670. The van der Waals surface area contributed by atoms with E-state index < -0.39 is 11.3 Å². The minimum absolute atomic E-state index is 0.287. The van der Waals surface area contributed by atoms with Crippen LogP contribution in [0.1, 0.15) is 11.1 Å². The van der Waals surface area contributed by atoms with Crippen molar-refractivity contribution in [2.75, 3.05) is 0 Å². The molecule has 6 heteroatoms. The molecule has 0 saturated heterocycles. The molecule has 168 valence electrons. The summed E-state index contributed by atoms with van der Waals surface area (Å²) in [4.78, 5) is 34.2. The van der Waals surface area contributed by atoms with E-state index in [4.69, 9.17) is 8.83 Å². The van der Waals surface area contributed by atoms with Crippen molar-refractivity contribution in [3.8, 4) is 22.9 Å². The molecule has 0 bridgehead atoms. The second-order valence-electron chi connectivity index (χ2n) is 8.22. The molecule has 0 aliphatic carbocycles. The number of rotatable bonds is 4. The Labute approximate surface area is 199 Å². The van der Waals surface area contributed by atoms with Gasteiger partial charge in [0, 0.05) is 11.1 Å². The molecule has 0 N–H and O–H groups in total. The second-order valence-corrected chi connectivity index (χ2v) is 8.22. The quantitative estimate of drug-likeness (QED) is 0.341. The summed E-state index contributed by atoms with van der Waals surface area (Å²) in [6.45, 7) is 0. The molecule has 0 atom stereocenters. The monoisotopic (exact) mass is 458 g/mol. The zero-order valence-corrected chi connectivity index (χ0v) is 18.5. The molecule has 2 heterocycles. The van der Waals surface area contributed by atoms with E-state index in [1.807, 2.05) is 84.9 Å². The fraction of sp³-hybridized carbons (Fsp3) is 0.0345. The van der Waals surface area contributed by atoms with Crippen molar-refractivity contribution in [1.82, 2.24) is 9.97 Å². The van der Waals surface area contributed by atoms with E-state index in [0.29, 0.717) is 28.2 Å². The molecule has 35 heavy (non-hydrogen) atoms. The van der Waals surface area contributed by atoms with Gasteiger partial charge in [-0.2, -0.15) is 0 Å². The van der Waals surface area contributed by atoms with E-state index in [1.54, 1.807) is 12.1 Å². The Morgan fingerprint density at radius 3 is 1.40 bits per heavy atom. The standard InChI is InChI=1S/C29H18N2O4/c32-28-22-13-11-18(16-24(22)30-26(34-28)20-7-3-1-4-8-20)15-19-12-14-23-25(17-19)31-27(35-29(23)33)21-9-5-2-6-10-21/h1-14,16-17H,15H2. The summed E-state index contributed by atoms with van der Waals surface area (Å²) in [5.41, 5.74) is 3.73. The highest BCUT2D eigenvalue weighted by Gasteiger charge is 2.12. The lowest BCUT2D eigenvalue weighted by atomic mass is 10.0. The number of fused-ring (bicyclic) bond motifs is 2. The predicted octanol–water partition coefficient (Wildman–Crippen LogP) is 5.61. The molecule has 0 aliphatic rings. The molecule has 0 unspecified atom stereocenters. The number of hydrogen-bond acceptors (Lipinski definition) is 6. The maximum absolute atomic E-state index is 12.5. The third kappa shape index (κ3) is 4.02. The lowest BCUT2D eigenvalue weighted by molar-refractivity contribution is 0.518. The maximum Gasteiger partial charge on any atom is 0.347 e. The normalized spacial score (nSPS) is 11.2. The zero-order chi connectivity index (χ0) is 23.8. The topological polar surface area (TPSA) is 86.2 Å². The summed E-state index contributed by atoms with van der Waals surface area (Å²) >= 11 is 0. The van der Waals surface area contributed by atoms with Crippen LogP contribution >= 0.6 is 0 Å². The van der Waals surface area contributed by atoms with Gasteiger partial charge >= 0.3 is 11.3 Å². The van der Waals surface area contributed by atoms with Gasteiger partial charge in [0.25, 0.3) is 0 Å². The number of nitrogens with zero attached hydrogens (tertiary/aromatic N) is 2. The Morgan fingerprint density at radius 1 is 0.543 bits per heavy atom. The SMILES string of the molecule is O=c1oc(-c2ccccc2)nc2cc(Cc3ccc4c(=O)oc(-c5ccccc5)nc4c3)ccc12. The van der Waals surface area contributed by atoms with Crippen LogP contribution in [0.2, 0.25) is 0 Å². The molecular formula is C29H18N2O4. The van der Waals surface area contributed by atoms with Crippen molar-refractivity contribution in [1.29, 1.82) is 0 Å². The van der Waals surface area contributed by atoms with E-state index in [1.165, 1.54) is 0 Å². The van der Waals surface area contributed by atoms with Gasteiger partial charge in [-0.15, -0.1) is 0 Å². The van der Waals surface area contributed by atoms with Gasteiger partial charge in [0.1, 0.15) is 0 Å². The molecule has 0 fully saturated rings. The summed E-state index contributed by atoms with van der Waals surface area (Å²) in [6, 6.07) is 29.7. The van der Waals surface area contributed by atoms with Gasteiger partial charge in [0.05, 0.1) is 21.8 Å². The molecule has 4 aromatic carbocycles. The molecule has 0 radical (unpaired) electrons. The highest BCUT2D eigenvalue weighted by Crippen LogP contribution is 2.22. The molecule has 0 aliphatic heterocycles. The van der Waals surface area contributed by atoms with Crippen LogP contribution in [0.3, 0.4) is 0 Å². The average Bonchev–Trinajstić information content (AvgIpc) is 2.89. The lowest BCUT2D eigenvalue weighted by Gasteiger charge is -2.07. The molecule has 6 rings (SSSR count). The number of benzene rings is 4. The summed E-state index contributed by atoms with van der Waals surface area (Å²) in [6.07, 6.45) is 0.580. The first kappa shape index (κ1) is 20.7. The van der Waals surface area contributed by atoms with Gasteiger partial charge < -0.3 is 8.83 Å². The molecule has 2 aromatic heterocycles. The van der Waals surface area contributed by atoms with Crippen LogP contribution in [0.25, 0.3) is 44.7 Å². The van der Waals surface area contributed by atoms with Crippen molar-refractivity contribution >= 4 is 21.8 Å². The van der Waals surface area contributed by atoms with E-state index in [-0.39, 0.29) is 11.8 Å². The molecule has 6 aromatic rings. The average molecular weight is 458 g/mol. The van der Waals surface area contributed by atoms with Gasteiger partial charge in [-0.3, -0.25) is 0 Å². The Morgan fingerprint density at radius 2 is 0.971 bits per heavy atom. The minimum atomic E-state index is -0.421. The third-order valence-electron chi connectivity index (χ3n) is 5.84. The number of hydrogen-bond donors (Lipinski definition) is 0. The van der Waals surface area contributed by atoms with Crippen LogP contribution in [-0.4, -0.2) is 9.97 Å². The lowest BCUT2D eigenvalue weighted by Crippen LogP contribution is -2.04. The molecule has 0 amide bonds. The maximum atomic E-state index is 12.5. The largest absolute Gasteiger partial charge is 0.403 e. The third-order valence-corrected chi connectivity index (χ3v) is 5.84. The molecule has 6 nitrogen and oxygen atoms in total. The first-order valence-corrected chi connectivity index (χ1v) is 11.1. The van der Waals surface area contributed by atoms with E-state index in [2.05, 4.69) is 9.97 Å². The minimum Gasteiger partial charge on any atom is -0.403 e. The molecule has 0 saturated carbocycles. The van der Waals surface area contributed by atoms with Crippen LogP contribution < -0.4 is 11.3 Å². The van der Waals surface area contributed by atoms with Crippen LogP contribution in [0, 0.1) is 0 Å². The first-order valence-electron chi connectivity index (χ1n) is 11.1. The summed E-state index contributed by atoms with van der Waals surface area (Å²) < 4.78 is 10.9. The van der Waals surface area contributed by atoms with Gasteiger partial charge in [-0.25, -0.2) is 19.6 Å². The highest BCUT2D eigenvalue weighted by molar-refractivity contribution is 5.81. The van der Waals surface area contributed by atoms with Crippen molar-refractivity contribution in [3.63, 3.8) is 0 Å². The second kappa shape index (κ2) is 8.50. The smallest absolute Gasteiger partial charge is 0.347 e.